The minimum Gasteiger partial charge on any atom is -0.472 e. The molecule has 0 unspecified atom stereocenters. The summed E-state index contributed by atoms with van der Waals surface area (Å²) in [6, 6.07) is 1.84. The number of esters is 2. The fourth-order valence-corrected chi connectivity index (χ4v) is 5.67. The van der Waals surface area contributed by atoms with Crippen molar-refractivity contribution in [2.75, 3.05) is 0 Å². The van der Waals surface area contributed by atoms with Crippen molar-refractivity contribution < 1.29 is 23.5 Å². The van der Waals surface area contributed by atoms with E-state index in [9.17, 15) is 9.59 Å². The van der Waals surface area contributed by atoms with E-state index >= 15 is 0 Å². The van der Waals surface area contributed by atoms with E-state index in [2.05, 4.69) is 13.8 Å². The molecule has 3 aliphatic heterocycles. The lowest BCUT2D eigenvalue weighted by Gasteiger charge is -2.61. The van der Waals surface area contributed by atoms with E-state index < -0.39 is 5.41 Å². The van der Waals surface area contributed by atoms with Gasteiger partial charge in [0, 0.05) is 22.5 Å². The van der Waals surface area contributed by atoms with Crippen molar-refractivity contribution in [3.63, 3.8) is 0 Å². The van der Waals surface area contributed by atoms with Crippen molar-refractivity contribution in [3.8, 4) is 0 Å². The van der Waals surface area contributed by atoms with E-state index in [-0.39, 0.29) is 41.4 Å². The summed E-state index contributed by atoms with van der Waals surface area (Å²) in [7, 11) is 0. The van der Waals surface area contributed by atoms with Gasteiger partial charge in [-0.25, -0.2) is 4.79 Å². The highest BCUT2D eigenvalue weighted by atomic mass is 16.6. The van der Waals surface area contributed by atoms with Gasteiger partial charge in [0.2, 0.25) is 0 Å². The molecule has 0 saturated carbocycles. The van der Waals surface area contributed by atoms with Crippen LogP contribution in [0.15, 0.2) is 46.8 Å². The zero-order valence-electron chi connectivity index (χ0n) is 14.2. The minimum atomic E-state index is -0.404. The van der Waals surface area contributed by atoms with E-state index in [1.165, 1.54) is 0 Å². The summed E-state index contributed by atoms with van der Waals surface area (Å²) in [4.78, 5) is 25.0. The second kappa shape index (κ2) is 4.65. The molecule has 2 aliphatic carbocycles. The first-order valence-electron chi connectivity index (χ1n) is 8.76. The average molecular weight is 340 g/mol. The molecule has 6 atom stereocenters. The third kappa shape index (κ3) is 1.78. The maximum atomic E-state index is 12.7. The lowest BCUT2D eigenvalue weighted by Crippen LogP contribution is -2.62. The molecule has 5 heteroatoms. The van der Waals surface area contributed by atoms with Crippen LogP contribution in [0, 0.1) is 22.7 Å². The van der Waals surface area contributed by atoms with Crippen LogP contribution in [0.1, 0.15) is 38.4 Å². The van der Waals surface area contributed by atoms with Crippen LogP contribution in [0.5, 0.6) is 0 Å². The molecule has 0 radical (unpaired) electrons. The Labute approximate surface area is 145 Å². The van der Waals surface area contributed by atoms with Gasteiger partial charge in [0.15, 0.2) is 0 Å². The van der Waals surface area contributed by atoms with Crippen LogP contribution in [0.2, 0.25) is 0 Å². The Morgan fingerprint density at radius 1 is 1.16 bits per heavy atom. The Morgan fingerprint density at radius 3 is 2.72 bits per heavy atom. The second-order valence-corrected chi connectivity index (χ2v) is 8.14. The molecular weight excluding hydrogens is 320 g/mol. The summed E-state index contributed by atoms with van der Waals surface area (Å²) in [6.07, 6.45) is 9.94. The highest BCUT2D eigenvalue weighted by Gasteiger charge is 2.65. The summed E-state index contributed by atoms with van der Waals surface area (Å²) >= 11 is 0. The molecule has 130 valence electrons. The highest BCUT2D eigenvalue weighted by molar-refractivity contribution is 5.92. The van der Waals surface area contributed by atoms with Gasteiger partial charge in [-0.15, -0.1) is 0 Å². The molecule has 0 amide bonds. The molecule has 0 aromatic carbocycles. The number of fused-ring (bicyclic) bond motifs is 2. The molecule has 5 nitrogen and oxygen atoms in total. The molecule has 0 N–H and O–H groups in total. The lowest BCUT2D eigenvalue weighted by atomic mass is 9.46. The Morgan fingerprint density at radius 2 is 2.00 bits per heavy atom. The summed E-state index contributed by atoms with van der Waals surface area (Å²) in [5, 5.41) is 0. The zero-order valence-corrected chi connectivity index (χ0v) is 14.2. The van der Waals surface area contributed by atoms with Crippen molar-refractivity contribution in [1.82, 2.24) is 0 Å². The molecule has 2 bridgehead atoms. The number of allylic oxidation sites excluding steroid dienone is 1. The standard InChI is InChI=1S/C20H20O5/c1-19-7-5-13-18(22)25-15(11-6-8-23-10-11)9-20(13,2)16(19)14-4-3-12(19)17(21)24-14/h3-6,8,10,12,14-16H,7,9H2,1-2H3/t12-,14-,15-,16-,19+,20-/m1/s1. The van der Waals surface area contributed by atoms with Gasteiger partial charge >= 0.3 is 11.9 Å². The van der Waals surface area contributed by atoms with E-state index in [0.717, 1.165) is 11.1 Å². The number of ether oxygens (including phenoxy) is 2. The number of rotatable bonds is 1. The number of carbonyl (C=O) groups is 2. The molecule has 4 heterocycles. The van der Waals surface area contributed by atoms with E-state index in [1.807, 2.05) is 24.3 Å². The zero-order chi connectivity index (χ0) is 17.4. The first-order chi connectivity index (χ1) is 11.9. The fraction of sp³-hybridized carbons (Fsp3) is 0.500. The molecule has 25 heavy (non-hydrogen) atoms. The van der Waals surface area contributed by atoms with Gasteiger partial charge in [0.25, 0.3) is 0 Å². The van der Waals surface area contributed by atoms with Gasteiger partial charge in [0.1, 0.15) is 12.2 Å². The number of hydrogen-bond donors (Lipinski definition) is 0. The van der Waals surface area contributed by atoms with Crippen LogP contribution in [0.4, 0.5) is 0 Å². The van der Waals surface area contributed by atoms with Crippen molar-refractivity contribution in [1.29, 1.82) is 0 Å². The average Bonchev–Trinajstić information content (AvgIpc) is 3.08. The predicted molar refractivity (Wildman–Crippen MR) is 87.1 cm³/mol. The maximum absolute atomic E-state index is 12.7. The fourth-order valence-electron chi connectivity index (χ4n) is 5.67. The summed E-state index contributed by atoms with van der Waals surface area (Å²) in [6.45, 7) is 4.28. The Kier molecular flexibility index (Phi) is 2.79. The van der Waals surface area contributed by atoms with Crippen LogP contribution < -0.4 is 0 Å². The number of furan rings is 1. The maximum Gasteiger partial charge on any atom is 0.334 e. The minimum absolute atomic E-state index is 0.0648. The van der Waals surface area contributed by atoms with Crippen molar-refractivity contribution in [2.45, 2.75) is 38.9 Å². The lowest BCUT2D eigenvalue weighted by molar-refractivity contribution is -0.195. The number of carbonyl (C=O) groups excluding carboxylic acids is 2. The third-order valence-electron chi connectivity index (χ3n) is 6.79. The molecule has 2 saturated heterocycles. The quantitative estimate of drug-likeness (QED) is 0.579. The van der Waals surface area contributed by atoms with Crippen molar-refractivity contribution in [2.24, 2.45) is 22.7 Å². The largest absolute Gasteiger partial charge is 0.472 e. The molecule has 6 rings (SSSR count). The van der Waals surface area contributed by atoms with Crippen LogP contribution in [0.3, 0.4) is 0 Å². The molecule has 5 aliphatic rings. The molecular formula is C20H20O5. The van der Waals surface area contributed by atoms with Gasteiger partial charge in [-0.3, -0.25) is 4.79 Å². The predicted octanol–water partition coefficient (Wildman–Crippen LogP) is 3.34. The molecule has 0 spiro atoms. The Hall–Kier alpha value is -2.30. The van der Waals surface area contributed by atoms with Crippen molar-refractivity contribution in [3.05, 3.63) is 48.0 Å². The van der Waals surface area contributed by atoms with Gasteiger partial charge in [-0.1, -0.05) is 26.0 Å². The summed E-state index contributed by atoms with van der Waals surface area (Å²) in [5.74, 6) is -0.590. The van der Waals surface area contributed by atoms with Crippen molar-refractivity contribution >= 4 is 11.9 Å². The van der Waals surface area contributed by atoms with E-state index in [4.69, 9.17) is 13.9 Å². The topological polar surface area (TPSA) is 65.7 Å². The normalized spacial score (nSPS) is 44.5. The van der Waals surface area contributed by atoms with Crippen LogP contribution in [-0.4, -0.2) is 18.0 Å². The van der Waals surface area contributed by atoms with Gasteiger partial charge in [-0.2, -0.15) is 0 Å². The second-order valence-electron chi connectivity index (χ2n) is 8.14. The van der Waals surface area contributed by atoms with E-state index in [1.54, 1.807) is 12.5 Å². The molecule has 2 fully saturated rings. The van der Waals surface area contributed by atoms with Crippen LogP contribution in [-0.2, 0) is 19.1 Å². The Balaban J connectivity index is 1.62. The van der Waals surface area contributed by atoms with Gasteiger partial charge in [-0.05, 0) is 30.4 Å². The van der Waals surface area contributed by atoms with Gasteiger partial charge in [0.05, 0.1) is 18.4 Å². The number of cyclic esters (lactones) is 1. The SMILES string of the molecule is C[C@@]12CC=C3C(=O)O[C@@H](c4ccoc4)C[C@@]3(C)[C@@H]1[C@H]1C=C[C@@H]2C(=O)O1. The highest BCUT2D eigenvalue weighted by Crippen LogP contribution is 2.64. The van der Waals surface area contributed by atoms with Crippen LogP contribution in [0.25, 0.3) is 0 Å². The molecule has 1 aromatic rings. The van der Waals surface area contributed by atoms with Crippen LogP contribution >= 0.6 is 0 Å². The third-order valence-corrected chi connectivity index (χ3v) is 6.79. The summed E-state index contributed by atoms with van der Waals surface area (Å²) in [5.41, 5.74) is 0.964. The Bertz CT molecular complexity index is 819. The monoisotopic (exact) mass is 340 g/mol. The van der Waals surface area contributed by atoms with E-state index in [0.29, 0.717) is 12.8 Å². The number of hydrogen-bond acceptors (Lipinski definition) is 5. The summed E-state index contributed by atoms with van der Waals surface area (Å²) < 4.78 is 16.5. The molecule has 1 aromatic heterocycles. The first kappa shape index (κ1) is 15.0. The van der Waals surface area contributed by atoms with Gasteiger partial charge < -0.3 is 13.9 Å². The smallest absolute Gasteiger partial charge is 0.334 e. The first-order valence-corrected chi connectivity index (χ1v) is 8.76.